The lowest BCUT2D eigenvalue weighted by molar-refractivity contribution is -0.138. The highest BCUT2D eigenvalue weighted by molar-refractivity contribution is 5.79. The molecule has 104 valence electrons. The number of nitrogens with zero attached hydrogens (tertiary/aromatic N) is 1. The number of amides is 1. The standard InChI is InChI=1S/C16H24N2O/c1-3-6-12(2)16(19)18-10-9-13-7-4-5-8-14(13)15(18)11-17/h4-5,7-8,12,15H,3,6,9-11,17H2,1-2H3. The van der Waals surface area contributed by atoms with Crippen molar-refractivity contribution in [2.45, 2.75) is 39.2 Å². The SMILES string of the molecule is CCCC(C)C(=O)N1CCc2ccccc2C1CN. The molecule has 0 aliphatic carbocycles. The lowest BCUT2D eigenvalue weighted by atomic mass is 9.91. The van der Waals surface area contributed by atoms with Crippen LogP contribution < -0.4 is 5.73 Å². The van der Waals surface area contributed by atoms with Gasteiger partial charge >= 0.3 is 0 Å². The van der Waals surface area contributed by atoms with Crippen molar-refractivity contribution in [2.75, 3.05) is 13.1 Å². The summed E-state index contributed by atoms with van der Waals surface area (Å²) in [6, 6.07) is 8.40. The van der Waals surface area contributed by atoms with Crippen molar-refractivity contribution < 1.29 is 4.79 Å². The molecule has 1 aliphatic heterocycles. The fraction of sp³-hybridized carbons (Fsp3) is 0.562. The molecule has 0 spiro atoms. The smallest absolute Gasteiger partial charge is 0.225 e. The first-order valence-corrected chi connectivity index (χ1v) is 7.27. The van der Waals surface area contributed by atoms with Gasteiger partial charge in [-0.15, -0.1) is 0 Å². The largest absolute Gasteiger partial charge is 0.334 e. The van der Waals surface area contributed by atoms with E-state index in [9.17, 15) is 4.79 Å². The summed E-state index contributed by atoms with van der Waals surface area (Å²) in [5.41, 5.74) is 8.49. The Morgan fingerprint density at radius 3 is 2.89 bits per heavy atom. The molecule has 2 unspecified atom stereocenters. The normalized spacial score (nSPS) is 19.9. The van der Waals surface area contributed by atoms with Gasteiger partial charge in [0.2, 0.25) is 5.91 Å². The van der Waals surface area contributed by atoms with Crippen molar-refractivity contribution in [1.29, 1.82) is 0 Å². The summed E-state index contributed by atoms with van der Waals surface area (Å²) in [7, 11) is 0. The fourth-order valence-corrected chi connectivity index (χ4v) is 3.01. The summed E-state index contributed by atoms with van der Waals surface area (Å²) in [4.78, 5) is 14.5. The lowest BCUT2D eigenvalue weighted by Crippen LogP contribution is -2.45. The average molecular weight is 260 g/mol. The molecular weight excluding hydrogens is 236 g/mol. The number of rotatable bonds is 4. The van der Waals surface area contributed by atoms with Crippen LogP contribution in [0.25, 0.3) is 0 Å². The number of hydrogen-bond donors (Lipinski definition) is 1. The predicted molar refractivity (Wildman–Crippen MR) is 77.7 cm³/mol. The maximum absolute atomic E-state index is 12.5. The van der Waals surface area contributed by atoms with Gasteiger partial charge in [0, 0.05) is 19.0 Å². The Labute approximate surface area is 115 Å². The third-order valence-electron chi connectivity index (χ3n) is 4.06. The van der Waals surface area contributed by atoms with Gasteiger partial charge in [0.15, 0.2) is 0 Å². The minimum atomic E-state index is 0.0526. The van der Waals surface area contributed by atoms with Gasteiger partial charge in [-0.1, -0.05) is 44.5 Å². The molecule has 1 aromatic rings. The molecule has 3 heteroatoms. The molecule has 2 rings (SSSR count). The van der Waals surface area contributed by atoms with Crippen LogP contribution in [-0.4, -0.2) is 23.9 Å². The maximum atomic E-state index is 12.5. The molecule has 0 fully saturated rings. The van der Waals surface area contributed by atoms with E-state index in [4.69, 9.17) is 5.73 Å². The highest BCUT2D eigenvalue weighted by atomic mass is 16.2. The number of nitrogens with two attached hydrogens (primary N) is 1. The Kier molecular flexibility index (Phi) is 4.59. The zero-order chi connectivity index (χ0) is 13.8. The maximum Gasteiger partial charge on any atom is 0.225 e. The van der Waals surface area contributed by atoms with E-state index in [-0.39, 0.29) is 17.9 Å². The highest BCUT2D eigenvalue weighted by Gasteiger charge is 2.31. The minimum absolute atomic E-state index is 0.0526. The minimum Gasteiger partial charge on any atom is -0.334 e. The second-order valence-electron chi connectivity index (χ2n) is 5.42. The van der Waals surface area contributed by atoms with Crippen molar-refractivity contribution in [2.24, 2.45) is 11.7 Å². The van der Waals surface area contributed by atoms with Gasteiger partial charge in [0.25, 0.3) is 0 Å². The van der Waals surface area contributed by atoms with E-state index in [1.165, 1.54) is 11.1 Å². The lowest BCUT2D eigenvalue weighted by Gasteiger charge is -2.38. The first kappa shape index (κ1) is 14.1. The number of carbonyl (C=O) groups is 1. The summed E-state index contributed by atoms with van der Waals surface area (Å²) in [6.07, 6.45) is 2.94. The topological polar surface area (TPSA) is 46.3 Å². The predicted octanol–water partition coefficient (Wildman–Crippen LogP) is 2.51. The zero-order valence-corrected chi connectivity index (χ0v) is 11.9. The molecular formula is C16H24N2O. The third-order valence-corrected chi connectivity index (χ3v) is 4.06. The molecule has 0 saturated carbocycles. The van der Waals surface area contributed by atoms with Gasteiger partial charge in [-0.25, -0.2) is 0 Å². The molecule has 0 radical (unpaired) electrons. The fourth-order valence-electron chi connectivity index (χ4n) is 3.01. The van der Waals surface area contributed by atoms with Crippen molar-refractivity contribution in [3.63, 3.8) is 0 Å². The van der Waals surface area contributed by atoms with Crippen molar-refractivity contribution >= 4 is 5.91 Å². The van der Waals surface area contributed by atoms with Crippen LogP contribution >= 0.6 is 0 Å². The van der Waals surface area contributed by atoms with Crippen molar-refractivity contribution in [3.8, 4) is 0 Å². The van der Waals surface area contributed by atoms with Gasteiger partial charge < -0.3 is 10.6 Å². The van der Waals surface area contributed by atoms with E-state index in [1.54, 1.807) is 0 Å². The van der Waals surface area contributed by atoms with Gasteiger partial charge in [-0.05, 0) is 24.0 Å². The second kappa shape index (κ2) is 6.20. The third kappa shape index (κ3) is 2.81. The van der Waals surface area contributed by atoms with Crippen LogP contribution in [0.2, 0.25) is 0 Å². The number of hydrogen-bond acceptors (Lipinski definition) is 2. The Morgan fingerprint density at radius 1 is 1.47 bits per heavy atom. The van der Waals surface area contributed by atoms with Crippen molar-refractivity contribution in [1.82, 2.24) is 4.90 Å². The zero-order valence-electron chi connectivity index (χ0n) is 11.9. The van der Waals surface area contributed by atoms with E-state index in [0.717, 1.165) is 25.8 Å². The summed E-state index contributed by atoms with van der Waals surface area (Å²) in [5, 5.41) is 0. The monoisotopic (exact) mass is 260 g/mol. The number of benzene rings is 1. The highest BCUT2D eigenvalue weighted by Crippen LogP contribution is 2.30. The van der Waals surface area contributed by atoms with E-state index in [2.05, 4.69) is 25.1 Å². The van der Waals surface area contributed by atoms with Crippen LogP contribution in [0, 0.1) is 5.92 Å². The number of fused-ring (bicyclic) bond motifs is 1. The van der Waals surface area contributed by atoms with E-state index < -0.39 is 0 Å². The molecule has 1 heterocycles. The summed E-state index contributed by atoms with van der Waals surface area (Å²) < 4.78 is 0. The second-order valence-corrected chi connectivity index (χ2v) is 5.42. The summed E-state index contributed by atoms with van der Waals surface area (Å²) in [5.74, 6) is 0.358. The quantitative estimate of drug-likeness (QED) is 0.904. The molecule has 2 N–H and O–H groups in total. The molecule has 0 saturated heterocycles. The summed E-state index contributed by atoms with van der Waals surface area (Å²) in [6.45, 7) is 5.45. The van der Waals surface area contributed by atoms with E-state index >= 15 is 0 Å². The van der Waals surface area contributed by atoms with Crippen LogP contribution in [0.5, 0.6) is 0 Å². The van der Waals surface area contributed by atoms with Gasteiger partial charge in [0.1, 0.15) is 0 Å². The molecule has 0 aromatic heterocycles. The van der Waals surface area contributed by atoms with Gasteiger partial charge in [-0.3, -0.25) is 4.79 Å². The summed E-state index contributed by atoms with van der Waals surface area (Å²) >= 11 is 0. The number of carbonyl (C=O) groups excluding carboxylic acids is 1. The molecule has 2 atom stereocenters. The Morgan fingerprint density at radius 2 is 2.21 bits per heavy atom. The average Bonchev–Trinajstić information content (AvgIpc) is 2.45. The molecule has 1 aromatic carbocycles. The van der Waals surface area contributed by atoms with Crippen LogP contribution in [0.3, 0.4) is 0 Å². The van der Waals surface area contributed by atoms with E-state index in [1.807, 2.05) is 17.9 Å². The van der Waals surface area contributed by atoms with E-state index in [0.29, 0.717) is 6.54 Å². The molecule has 1 amide bonds. The molecule has 3 nitrogen and oxygen atoms in total. The van der Waals surface area contributed by atoms with Crippen LogP contribution in [-0.2, 0) is 11.2 Å². The van der Waals surface area contributed by atoms with Crippen LogP contribution in [0.4, 0.5) is 0 Å². The first-order chi connectivity index (χ1) is 9.19. The van der Waals surface area contributed by atoms with Gasteiger partial charge in [0.05, 0.1) is 6.04 Å². The Hall–Kier alpha value is -1.35. The molecule has 0 bridgehead atoms. The van der Waals surface area contributed by atoms with Crippen molar-refractivity contribution in [3.05, 3.63) is 35.4 Å². The first-order valence-electron chi connectivity index (χ1n) is 7.27. The Balaban J connectivity index is 2.22. The molecule has 1 aliphatic rings. The molecule has 19 heavy (non-hydrogen) atoms. The Bertz CT molecular complexity index is 444. The van der Waals surface area contributed by atoms with Gasteiger partial charge in [-0.2, -0.15) is 0 Å². The van der Waals surface area contributed by atoms with Crippen LogP contribution in [0.15, 0.2) is 24.3 Å². The van der Waals surface area contributed by atoms with Crippen LogP contribution in [0.1, 0.15) is 43.9 Å².